The van der Waals surface area contributed by atoms with Crippen LogP contribution in [0.15, 0.2) is 36.7 Å². The number of amides is 2. The highest BCUT2D eigenvalue weighted by molar-refractivity contribution is 5.93. The molecular weight excluding hydrogens is 380 g/mol. The number of pyridine rings is 1. The molecule has 2 aromatic rings. The number of halogens is 1. The van der Waals surface area contributed by atoms with Gasteiger partial charge in [-0.25, -0.2) is 4.79 Å². The zero-order chi connectivity index (χ0) is 19.1. The molecule has 1 aromatic carbocycles. The number of rotatable bonds is 6. The Morgan fingerprint density at radius 3 is 2.71 bits per heavy atom. The summed E-state index contributed by atoms with van der Waals surface area (Å²) in [6.07, 6.45) is 6.39. The smallest absolute Gasteiger partial charge is 0.407 e. The van der Waals surface area contributed by atoms with E-state index in [9.17, 15) is 9.59 Å². The van der Waals surface area contributed by atoms with Crippen LogP contribution >= 0.6 is 12.4 Å². The molecule has 3 rings (SSSR count). The maximum absolute atomic E-state index is 11.5. The van der Waals surface area contributed by atoms with Crippen molar-refractivity contribution in [3.8, 4) is 0 Å². The van der Waals surface area contributed by atoms with E-state index in [1.165, 1.54) is 18.1 Å². The van der Waals surface area contributed by atoms with Crippen LogP contribution in [0.1, 0.15) is 19.3 Å². The van der Waals surface area contributed by atoms with E-state index in [1.54, 1.807) is 0 Å². The van der Waals surface area contributed by atoms with Gasteiger partial charge in [0.2, 0.25) is 0 Å². The highest BCUT2D eigenvalue weighted by Gasteiger charge is 2.21. The molecule has 1 fully saturated rings. The van der Waals surface area contributed by atoms with Crippen LogP contribution in [-0.4, -0.2) is 50.3 Å². The van der Waals surface area contributed by atoms with Gasteiger partial charge in [-0.2, -0.15) is 0 Å². The number of likely N-dealkylation sites (N-methyl/N-ethyl adjacent to an activating group) is 1. The fourth-order valence-electron chi connectivity index (χ4n) is 3.45. The molecule has 0 saturated carbocycles. The minimum atomic E-state index is -0.544. The third-order valence-corrected chi connectivity index (χ3v) is 5.04. The SMILES string of the molecule is CNC(=O)COC(=O)NCCC1CCN(c2cncc3ccccc23)CC1.Cl. The normalized spacial score (nSPS) is 14.2. The van der Waals surface area contributed by atoms with Gasteiger partial charge in [0.1, 0.15) is 0 Å². The zero-order valence-corrected chi connectivity index (χ0v) is 16.8. The van der Waals surface area contributed by atoms with Gasteiger partial charge in [0.25, 0.3) is 5.91 Å². The average Bonchev–Trinajstić information content (AvgIpc) is 2.72. The van der Waals surface area contributed by atoms with Crippen LogP contribution in [0.4, 0.5) is 10.5 Å². The molecule has 0 aliphatic carbocycles. The Balaban J connectivity index is 0.00000280. The zero-order valence-electron chi connectivity index (χ0n) is 16.0. The van der Waals surface area contributed by atoms with E-state index in [0.29, 0.717) is 12.5 Å². The van der Waals surface area contributed by atoms with Crippen molar-refractivity contribution in [2.75, 3.05) is 38.2 Å². The minimum Gasteiger partial charge on any atom is -0.439 e. The third kappa shape index (κ3) is 5.73. The van der Waals surface area contributed by atoms with Crippen molar-refractivity contribution >= 4 is 40.9 Å². The van der Waals surface area contributed by atoms with Gasteiger partial charge < -0.3 is 20.3 Å². The summed E-state index contributed by atoms with van der Waals surface area (Å²) in [6.45, 7) is 2.29. The number of nitrogens with one attached hydrogen (secondary N) is 2. The van der Waals surface area contributed by atoms with Crippen LogP contribution < -0.4 is 15.5 Å². The number of carbonyl (C=O) groups is 2. The van der Waals surface area contributed by atoms with E-state index in [-0.39, 0.29) is 24.9 Å². The van der Waals surface area contributed by atoms with Crippen molar-refractivity contribution in [3.05, 3.63) is 36.7 Å². The number of alkyl carbamates (subject to hydrolysis) is 1. The number of ether oxygens (including phenoxy) is 1. The Morgan fingerprint density at radius 2 is 1.96 bits per heavy atom. The van der Waals surface area contributed by atoms with Gasteiger partial charge in [-0.15, -0.1) is 12.4 Å². The van der Waals surface area contributed by atoms with E-state index in [0.717, 1.165) is 37.7 Å². The maximum atomic E-state index is 11.5. The third-order valence-electron chi connectivity index (χ3n) is 5.04. The first kappa shape index (κ1) is 21.8. The molecule has 152 valence electrons. The molecule has 1 aliphatic heterocycles. The van der Waals surface area contributed by atoms with E-state index >= 15 is 0 Å². The fourth-order valence-corrected chi connectivity index (χ4v) is 3.45. The Kier molecular flexibility index (Phi) is 8.32. The minimum absolute atomic E-state index is 0. The van der Waals surface area contributed by atoms with Gasteiger partial charge >= 0.3 is 6.09 Å². The van der Waals surface area contributed by atoms with E-state index in [1.807, 2.05) is 18.5 Å². The molecule has 0 unspecified atom stereocenters. The molecule has 1 aromatic heterocycles. The second-order valence-electron chi connectivity index (χ2n) is 6.77. The number of nitrogens with zero attached hydrogens (tertiary/aromatic N) is 2. The van der Waals surface area contributed by atoms with Gasteiger partial charge in [-0.1, -0.05) is 24.3 Å². The number of fused-ring (bicyclic) bond motifs is 1. The summed E-state index contributed by atoms with van der Waals surface area (Å²) in [4.78, 5) is 29.4. The monoisotopic (exact) mass is 406 g/mol. The second kappa shape index (κ2) is 10.7. The van der Waals surface area contributed by atoms with E-state index in [2.05, 4.69) is 38.7 Å². The lowest BCUT2D eigenvalue weighted by molar-refractivity contribution is -0.123. The Morgan fingerprint density at radius 1 is 1.21 bits per heavy atom. The van der Waals surface area contributed by atoms with Crippen molar-refractivity contribution in [3.63, 3.8) is 0 Å². The molecule has 28 heavy (non-hydrogen) atoms. The molecule has 8 heteroatoms. The average molecular weight is 407 g/mol. The summed E-state index contributed by atoms with van der Waals surface area (Å²) in [5.41, 5.74) is 1.20. The van der Waals surface area contributed by atoms with Crippen LogP contribution in [0.2, 0.25) is 0 Å². The van der Waals surface area contributed by atoms with Gasteiger partial charge in [-0.05, 0) is 25.2 Å². The Hall–Kier alpha value is -2.54. The molecular formula is C20H27ClN4O3. The summed E-state index contributed by atoms with van der Waals surface area (Å²) in [5, 5.41) is 7.52. The fraction of sp³-hybridized carbons (Fsp3) is 0.450. The van der Waals surface area contributed by atoms with Gasteiger partial charge in [0, 0.05) is 43.7 Å². The Labute approximate surface area is 171 Å². The molecule has 2 N–H and O–H groups in total. The first-order chi connectivity index (χ1) is 13.2. The highest BCUT2D eigenvalue weighted by atomic mass is 35.5. The van der Waals surface area contributed by atoms with Crippen LogP contribution in [0.3, 0.4) is 0 Å². The Bertz CT molecular complexity index is 789. The van der Waals surface area contributed by atoms with Crippen molar-refractivity contribution in [2.45, 2.75) is 19.3 Å². The largest absolute Gasteiger partial charge is 0.439 e. The standard InChI is InChI=1S/C20H26N4O3.ClH/c1-21-19(25)14-27-20(26)23-9-6-15-7-10-24(11-8-15)18-13-22-12-16-4-2-3-5-17(16)18;/h2-5,12-13,15H,6-11,14H2,1H3,(H,21,25)(H,23,26);1H. The van der Waals surface area contributed by atoms with E-state index < -0.39 is 6.09 Å². The summed E-state index contributed by atoms with van der Waals surface area (Å²) in [6, 6.07) is 8.33. The first-order valence-corrected chi connectivity index (χ1v) is 9.36. The number of carbonyl (C=O) groups excluding carboxylic acids is 2. The molecule has 0 spiro atoms. The number of hydrogen-bond donors (Lipinski definition) is 2. The second-order valence-corrected chi connectivity index (χ2v) is 6.77. The highest BCUT2D eigenvalue weighted by Crippen LogP contribution is 2.30. The molecule has 2 amide bonds. The number of hydrogen-bond acceptors (Lipinski definition) is 5. The van der Waals surface area contributed by atoms with Gasteiger partial charge in [0.05, 0.1) is 11.9 Å². The quantitative estimate of drug-likeness (QED) is 0.770. The predicted octanol–water partition coefficient (Wildman–Crippen LogP) is 2.74. The van der Waals surface area contributed by atoms with E-state index in [4.69, 9.17) is 4.74 Å². The van der Waals surface area contributed by atoms with Crippen molar-refractivity contribution in [1.29, 1.82) is 0 Å². The van der Waals surface area contributed by atoms with Gasteiger partial charge in [0.15, 0.2) is 6.61 Å². The lowest BCUT2D eigenvalue weighted by Gasteiger charge is -2.34. The lowest BCUT2D eigenvalue weighted by Crippen LogP contribution is -2.36. The van der Waals surface area contributed by atoms with Crippen molar-refractivity contribution in [1.82, 2.24) is 15.6 Å². The molecule has 7 nitrogen and oxygen atoms in total. The van der Waals surface area contributed by atoms with Crippen LogP contribution in [0.5, 0.6) is 0 Å². The number of anilines is 1. The molecule has 0 bridgehead atoms. The molecule has 1 saturated heterocycles. The van der Waals surface area contributed by atoms with Gasteiger partial charge in [-0.3, -0.25) is 9.78 Å². The summed E-state index contributed by atoms with van der Waals surface area (Å²) >= 11 is 0. The predicted molar refractivity (Wildman–Crippen MR) is 112 cm³/mol. The molecule has 1 aliphatic rings. The van der Waals surface area contributed by atoms with Crippen LogP contribution in [0, 0.1) is 5.92 Å². The van der Waals surface area contributed by atoms with Crippen LogP contribution in [0.25, 0.3) is 10.8 Å². The van der Waals surface area contributed by atoms with Crippen molar-refractivity contribution < 1.29 is 14.3 Å². The molecule has 0 atom stereocenters. The van der Waals surface area contributed by atoms with Crippen LogP contribution in [-0.2, 0) is 9.53 Å². The number of piperidine rings is 1. The summed E-state index contributed by atoms with van der Waals surface area (Å²) in [7, 11) is 1.50. The summed E-state index contributed by atoms with van der Waals surface area (Å²) in [5.74, 6) is 0.254. The van der Waals surface area contributed by atoms with Crippen molar-refractivity contribution in [2.24, 2.45) is 5.92 Å². The topological polar surface area (TPSA) is 83.6 Å². The number of benzene rings is 1. The summed E-state index contributed by atoms with van der Waals surface area (Å²) < 4.78 is 4.82. The number of aromatic nitrogens is 1. The first-order valence-electron chi connectivity index (χ1n) is 9.36. The lowest BCUT2D eigenvalue weighted by atomic mass is 9.93. The molecule has 0 radical (unpaired) electrons. The molecule has 2 heterocycles. The maximum Gasteiger partial charge on any atom is 0.407 e.